The van der Waals surface area contributed by atoms with E-state index in [1.165, 1.54) is 7.11 Å². The normalized spacial score (nSPS) is 28.6. The van der Waals surface area contributed by atoms with Crippen LogP contribution in [0.1, 0.15) is 75.7 Å². The molecule has 0 aromatic heterocycles. The molecule has 0 saturated carbocycles. The van der Waals surface area contributed by atoms with Crippen molar-refractivity contribution in [2.75, 3.05) is 60.2 Å². The van der Waals surface area contributed by atoms with Gasteiger partial charge >= 0.3 is 5.97 Å². The number of nitriles is 1. The van der Waals surface area contributed by atoms with Gasteiger partial charge < -0.3 is 38.3 Å². The van der Waals surface area contributed by atoms with Crippen LogP contribution in [0.25, 0.3) is 0 Å². The van der Waals surface area contributed by atoms with Gasteiger partial charge in [-0.15, -0.1) is 11.8 Å². The molecule has 7 aliphatic heterocycles. The van der Waals surface area contributed by atoms with Gasteiger partial charge in [-0.2, -0.15) is 5.26 Å². The molecule has 0 aliphatic carbocycles. The first kappa shape index (κ1) is 37.1. The van der Waals surface area contributed by atoms with Gasteiger partial charge in [0.1, 0.15) is 18.4 Å². The van der Waals surface area contributed by atoms with E-state index in [2.05, 4.69) is 34.3 Å². The molecule has 296 valence electrons. The molecule has 14 heteroatoms. The fraction of sp³-hybridized carbons (Fsp3) is 0.524. The molecule has 3 aromatic rings. The van der Waals surface area contributed by atoms with Gasteiger partial charge in [-0.25, -0.2) is 4.79 Å². The van der Waals surface area contributed by atoms with E-state index >= 15 is 0 Å². The van der Waals surface area contributed by atoms with Crippen molar-refractivity contribution in [3.63, 3.8) is 0 Å². The van der Waals surface area contributed by atoms with E-state index in [-0.39, 0.29) is 54.0 Å². The Morgan fingerprint density at radius 1 is 1.00 bits per heavy atom. The summed E-state index contributed by atoms with van der Waals surface area (Å²) in [6, 6.07) is 6.47. The summed E-state index contributed by atoms with van der Waals surface area (Å²) in [5.74, 6) is 3.51. The number of likely N-dealkylation sites (N-methyl/N-ethyl adjacent to an activating group) is 1. The summed E-state index contributed by atoms with van der Waals surface area (Å²) in [7, 11) is 5.30. The van der Waals surface area contributed by atoms with Crippen molar-refractivity contribution in [2.24, 2.45) is 0 Å². The van der Waals surface area contributed by atoms with E-state index in [9.17, 15) is 15.2 Å². The zero-order valence-corrected chi connectivity index (χ0v) is 33.6. The van der Waals surface area contributed by atoms with Gasteiger partial charge in [-0.3, -0.25) is 15.1 Å². The lowest BCUT2D eigenvalue weighted by atomic mass is 9.71. The highest BCUT2D eigenvalue weighted by Gasteiger charge is 2.62. The van der Waals surface area contributed by atoms with Crippen molar-refractivity contribution < 1.29 is 43.1 Å². The summed E-state index contributed by atoms with van der Waals surface area (Å²) in [5.41, 5.74) is 6.12. The number of rotatable bonds is 6. The van der Waals surface area contributed by atoms with Gasteiger partial charge in [0.15, 0.2) is 40.0 Å². The van der Waals surface area contributed by atoms with Crippen molar-refractivity contribution in [1.82, 2.24) is 15.1 Å². The molecule has 4 bridgehead atoms. The summed E-state index contributed by atoms with van der Waals surface area (Å²) in [4.78, 5) is 19.5. The number of aromatic hydroxyl groups is 1. The van der Waals surface area contributed by atoms with Crippen LogP contribution in [0.4, 0.5) is 0 Å². The molecule has 56 heavy (non-hydrogen) atoms. The number of phenolic OH excluding ortho intramolecular Hbond substituents is 1. The molecule has 2 fully saturated rings. The average molecular weight is 785 g/mol. The summed E-state index contributed by atoms with van der Waals surface area (Å²) in [6.45, 7) is 9.37. The number of fused-ring (bicyclic) bond motifs is 9. The number of esters is 1. The lowest BCUT2D eigenvalue weighted by Gasteiger charge is -2.62. The number of methoxy groups -OCH3 is 2. The van der Waals surface area contributed by atoms with E-state index in [4.69, 9.17) is 33.2 Å². The molecule has 10 rings (SSSR count). The van der Waals surface area contributed by atoms with Crippen LogP contribution >= 0.6 is 11.8 Å². The van der Waals surface area contributed by atoms with Crippen LogP contribution in [0.2, 0.25) is 0 Å². The van der Waals surface area contributed by atoms with Crippen LogP contribution in [0, 0.1) is 25.2 Å². The van der Waals surface area contributed by atoms with Crippen LogP contribution in [0.3, 0.4) is 0 Å². The Balaban J connectivity index is 1.33. The third-order valence-corrected chi connectivity index (χ3v) is 14.2. The Bertz CT molecular complexity index is 2170. The molecule has 0 amide bonds. The van der Waals surface area contributed by atoms with Crippen LogP contribution in [-0.4, -0.2) is 99.2 Å². The number of carbonyl (C=O) groups excluding carboxylic acids is 1. The van der Waals surface area contributed by atoms with Gasteiger partial charge in [0.2, 0.25) is 6.79 Å². The number of hydrogen-bond acceptors (Lipinski definition) is 14. The number of benzene rings is 3. The van der Waals surface area contributed by atoms with Crippen molar-refractivity contribution in [2.45, 2.75) is 81.5 Å². The van der Waals surface area contributed by atoms with Gasteiger partial charge in [0.05, 0.1) is 50.8 Å². The molecule has 7 aliphatic rings. The molecule has 1 spiro atoms. The first-order chi connectivity index (χ1) is 27.1. The molecule has 1 unspecified atom stereocenters. The molecular formula is C42H48N4O9S. The first-order valence-corrected chi connectivity index (χ1v) is 20.4. The Kier molecular flexibility index (Phi) is 9.15. The molecule has 2 N–H and O–H groups in total. The van der Waals surface area contributed by atoms with Crippen molar-refractivity contribution in [1.29, 1.82) is 5.26 Å². The van der Waals surface area contributed by atoms with Crippen molar-refractivity contribution in [3.05, 3.63) is 62.7 Å². The lowest BCUT2D eigenvalue weighted by molar-refractivity contribution is -0.157. The van der Waals surface area contributed by atoms with Gasteiger partial charge in [0, 0.05) is 46.6 Å². The third kappa shape index (κ3) is 5.06. The molecule has 13 nitrogen and oxygen atoms in total. The van der Waals surface area contributed by atoms with E-state index < -0.39 is 23.6 Å². The number of aryl methyl sites for hydroxylation is 1. The Labute approximate surface area is 331 Å². The van der Waals surface area contributed by atoms with E-state index in [1.54, 1.807) is 31.0 Å². The zero-order chi connectivity index (χ0) is 39.2. The smallest absolute Gasteiger partial charge is 0.331 e. The SMILES string of the molecule is CCOc1c(C)c2c(c3c1[C@H]1SC[C@]4(NCCc5cc(O)c(OC)cc54)C(=O)OC[C@H]3N3C1[C@H]1c4c(cc(C)c(OC)c4OCC)C[C@@H]([C@@H]3C#N)N1C)OCO2. The summed E-state index contributed by atoms with van der Waals surface area (Å²) in [5, 5.41) is 25.3. The number of nitrogens with zero attached hydrogens (tertiary/aromatic N) is 3. The Morgan fingerprint density at radius 3 is 2.50 bits per heavy atom. The fourth-order valence-electron chi connectivity index (χ4n) is 10.5. The molecule has 2 saturated heterocycles. The molecular weight excluding hydrogens is 737 g/mol. The molecule has 0 radical (unpaired) electrons. The number of piperazine rings is 1. The maximum absolute atomic E-state index is 14.8. The third-order valence-electron chi connectivity index (χ3n) is 12.7. The lowest BCUT2D eigenvalue weighted by Crippen LogP contribution is -2.69. The minimum Gasteiger partial charge on any atom is -0.504 e. The number of thioether (sulfide) groups is 1. The maximum atomic E-state index is 14.8. The van der Waals surface area contributed by atoms with Crippen molar-refractivity contribution in [3.8, 4) is 46.3 Å². The highest BCUT2D eigenvalue weighted by molar-refractivity contribution is 7.99. The highest BCUT2D eigenvalue weighted by atomic mass is 32.2. The number of hydrogen-bond donors (Lipinski definition) is 2. The predicted octanol–water partition coefficient (Wildman–Crippen LogP) is 5.15. The van der Waals surface area contributed by atoms with Crippen LogP contribution < -0.4 is 33.7 Å². The largest absolute Gasteiger partial charge is 0.504 e. The average Bonchev–Trinajstić information content (AvgIpc) is 3.68. The van der Waals surface area contributed by atoms with Crippen LogP contribution in [0.5, 0.6) is 40.2 Å². The maximum Gasteiger partial charge on any atom is 0.331 e. The highest BCUT2D eigenvalue weighted by Crippen LogP contribution is 2.64. The zero-order valence-electron chi connectivity index (χ0n) is 32.8. The summed E-state index contributed by atoms with van der Waals surface area (Å²) < 4.78 is 43.8. The van der Waals surface area contributed by atoms with E-state index in [0.717, 1.165) is 50.4 Å². The number of carbonyl (C=O) groups is 1. The van der Waals surface area contributed by atoms with E-state index in [1.807, 2.05) is 27.7 Å². The molecule has 3 aromatic carbocycles. The Hall–Kier alpha value is -4.55. The number of phenols is 1. The van der Waals surface area contributed by atoms with Crippen molar-refractivity contribution >= 4 is 17.7 Å². The minimum atomic E-state index is -1.27. The fourth-order valence-corrected chi connectivity index (χ4v) is 12.2. The summed E-state index contributed by atoms with van der Waals surface area (Å²) in [6.07, 6.45) is 1.24. The van der Waals surface area contributed by atoms with Crippen LogP contribution in [0.15, 0.2) is 18.2 Å². The monoisotopic (exact) mass is 784 g/mol. The molecule has 7 heterocycles. The second-order valence-corrected chi connectivity index (χ2v) is 16.5. The van der Waals surface area contributed by atoms with Gasteiger partial charge in [-0.05, 0) is 82.0 Å². The van der Waals surface area contributed by atoms with Gasteiger partial charge in [0.25, 0.3) is 0 Å². The second kappa shape index (κ2) is 13.8. The van der Waals surface area contributed by atoms with E-state index in [0.29, 0.717) is 55.4 Å². The topological polar surface area (TPSA) is 144 Å². The predicted molar refractivity (Wildman–Crippen MR) is 207 cm³/mol. The number of nitrogens with one attached hydrogen (secondary N) is 1. The quantitative estimate of drug-likeness (QED) is 0.318. The Morgan fingerprint density at radius 2 is 1.77 bits per heavy atom. The molecule has 7 atom stereocenters. The number of ether oxygens (including phenoxy) is 7. The minimum absolute atomic E-state index is 0.0230. The first-order valence-electron chi connectivity index (χ1n) is 19.4. The summed E-state index contributed by atoms with van der Waals surface area (Å²) >= 11 is 1.64. The standard InChI is InChI=1S/C42H48N4O9S/c1-8-51-36-21(4)37-39(55-19-54-37)31-27-17-53-41(48)42(24-15-29(49-6)28(47)14-22(24)10-11-44-42)18-56-40(32(31)36)34-33-30-23(12-20(3)35(50-7)38(30)52-9-2)13-25(45(33)5)26(16-43)46(27)34/h12,14-15,25-27,33-34,40,44,47H,8-11,13,17-19H2,1-7H3/t25-,26-,27+,33+,34?,40+,42+/m0/s1. The van der Waals surface area contributed by atoms with Crippen LogP contribution in [-0.2, 0) is 27.9 Å². The second-order valence-electron chi connectivity index (χ2n) is 15.3. The van der Waals surface area contributed by atoms with Gasteiger partial charge in [-0.1, -0.05) is 6.07 Å².